The van der Waals surface area contributed by atoms with E-state index in [0.717, 1.165) is 15.1 Å². The summed E-state index contributed by atoms with van der Waals surface area (Å²) in [5.74, 6) is -0.264. The maximum absolute atomic E-state index is 12.5. The number of nitrogens with one attached hydrogen (secondary N) is 1. The van der Waals surface area contributed by atoms with Crippen LogP contribution in [0.25, 0.3) is 5.52 Å². The molecule has 0 saturated carbocycles. The Morgan fingerprint density at radius 1 is 1.36 bits per heavy atom. The zero-order valence-corrected chi connectivity index (χ0v) is 15.4. The van der Waals surface area contributed by atoms with Crippen molar-refractivity contribution in [1.82, 2.24) is 14.4 Å². The van der Waals surface area contributed by atoms with Crippen molar-refractivity contribution in [2.24, 2.45) is 0 Å². The van der Waals surface area contributed by atoms with E-state index in [2.05, 4.69) is 47.1 Å². The maximum atomic E-state index is 12.5. The molecule has 0 saturated heterocycles. The van der Waals surface area contributed by atoms with Crippen LogP contribution in [-0.4, -0.2) is 26.5 Å². The first-order chi connectivity index (χ1) is 10.6. The fourth-order valence-electron chi connectivity index (χ4n) is 2.00. The average molecular weight is 442 g/mol. The molecule has 1 amide bonds. The van der Waals surface area contributed by atoms with Gasteiger partial charge in [-0.3, -0.25) is 9.20 Å². The normalized spacial score (nSPS) is 10.9. The molecule has 0 aliphatic rings. The second-order valence-corrected chi connectivity index (χ2v) is 6.73. The van der Waals surface area contributed by atoms with Gasteiger partial charge in [-0.25, -0.2) is 9.97 Å². The topological polar surface area (TPSA) is 59.3 Å². The van der Waals surface area contributed by atoms with E-state index in [1.807, 2.05) is 35.1 Å². The van der Waals surface area contributed by atoms with Gasteiger partial charge in [0, 0.05) is 6.20 Å². The summed E-state index contributed by atoms with van der Waals surface area (Å²) in [7, 11) is 0. The van der Waals surface area contributed by atoms with Crippen molar-refractivity contribution < 1.29 is 4.79 Å². The van der Waals surface area contributed by atoms with Crippen molar-refractivity contribution >= 4 is 60.7 Å². The Labute approximate surface area is 147 Å². The maximum Gasteiger partial charge on any atom is 0.276 e. The van der Waals surface area contributed by atoms with Gasteiger partial charge in [0.1, 0.15) is 4.60 Å². The third kappa shape index (κ3) is 2.90. The second kappa shape index (κ2) is 6.39. The lowest BCUT2D eigenvalue weighted by Gasteiger charge is -2.04. The first-order valence-electron chi connectivity index (χ1n) is 6.23. The van der Waals surface area contributed by atoms with Gasteiger partial charge in [-0.2, -0.15) is 0 Å². The fraction of sp³-hybridized carbons (Fsp3) is 0.0714. The first-order valence-corrected chi connectivity index (χ1v) is 9.04. The molecule has 22 heavy (non-hydrogen) atoms. The van der Waals surface area contributed by atoms with Crippen molar-refractivity contribution in [3.05, 3.63) is 51.4 Å². The molecule has 8 heteroatoms. The molecule has 0 bridgehead atoms. The molecule has 0 fully saturated rings. The highest BCUT2D eigenvalue weighted by Gasteiger charge is 2.17. The van der Waals surface area contributed by atoms with Crippen LogP contribution in [0.15, 0.2) is 50.9 Å². The largest absolute Gasteiger partial charge is 0.319 e. The molecule has 112 valence electrons. The van der Waals surface area contributed by atoms with E-state index in [4.69, 9.17) is 0 Å². The molecule has 3 aromatic heterocycles. The highest BCUT2D eigenvalue weighted by molar-refractivity contribution is 9.13. The van der Waals surface area contributed by atoms with Gasteiger partial charge in [-0.15, -0.1) is 0 Å². The number of hydrogen-bond donors (Lipinski definition) is 1. The van der Waals surface area contributed by atoms with E-state index < -0.39 is 0 Å². The minimum atomic E-state index is -0.264. The van der Waals surface area contributed by atoms with Crippen LogP contribution in [-0.2, 0) is 0 Å². The number of fused-ring (bicyclic) bond motifs is 1. The van der Waals surface area contributed by atoms with Crippen LogP contribution in [0.2, 0.25) is 0 Å². The molecule has 0 aliphatic heterocycles. The lowest BCUT2D eigenvalue weighted by atomic mass is 10.3. The smallest absolute Gasteiger partial charge is 0.276 e. The Balaban J connectivity index is 1.97. The van der Waals surface area contributed by atoms with Crippen molar-refractivity contribution in [3.63, 3.8) is 0 Å². The van der Waals surface area contributed by atoms with Crippen LogP contribution in [0.4, 0.5) is 5.69 Å². The van der Waals surface area contributed by atoms with Gasteiger partial charge in [-0.1, -0.05) is 17.8 Å². The van der Waals surface area contributed by atoms with E-state index in [1.54, 1.807) is 12.3 Å². The molecule has 3 aromatic rings. The Morgan fingerprint density at radius 2 is 2.18 bits per heavy atom. The summed E-state index contributed by atoms with van der Waals surface area (Å²) in [4.78, 5) is 21.1. The average Bonchev–Trinajstić information content (AvgIpc) is 2.90. The van der Waals surface area contributed by atoms with Gasteiger partial charge in [0.2, 0.25) is 0 Å². The molecule has 0 atom stereocenters. The molecular weight excluding hydrogens is 432 g/mol. The molecule has 0 aliphatic carbocycles. The predicted molar refractivity (Wildman–Crippen MR) is 94.6 cm³/mol. The Morgan fingerprint density at radius 3 is 2.91 bits per heavy atom. The number of imidazole rings is 1. The molecule has 3 heterocycles. The zero-order valence-electron chi connectivity index (χ0n) is 11.4. The van der Waals surface area contributed by atoms with E-state index >= 15 is 0 Å². The summed E-state index contributed by atoms with van der Waals surface area (Å²) in [5.41, 5.74) is 1.76. The predicted octanol–water partition coefficient (Wildman–Crippen LogP) is 4.23. The van der Waals surface area contributed by atoms with Crippen LogP contribution in [0.5, 0.6) is 0 Å². The Bertz CT molecular complexity index is 865. The number of pyridine rings is 2. The number of carbonyl (C=O) groups excluding carboxylic acids is 1. The lowest BCUT2D eigenvalue weighted by molar-refractivity contribution is 0.102. The van der Waals surface area contributed by atoms with Crippen molar-refractivity contribution in [1.29, 1.82) is 0 Å². The molecule has 0 spiro atoms. The van der Waals surface area contributed by atoms with Crippen LogP contribution in [0.1, 0.15) is 10.5 Å². The summed E-state index contributed by atoms with van der Waals surface area (Å²) in [6.07, 6.45) is 5.41. The number of hydrogen-bond acceptors (Lipinski definition) is 4. The molecule has 0 aromatic carbocycles. The van der Waals surface area contributed by atoms with Gasteiger partial charge >= 0.3 is 0 Å². The van der Waals surface area contributed by atoms with Crippen LogP contribution in [0, 0.1) is 0 Å². The van der Waals surface area contributed by atoms with Crippen molar-refractivity contribution in [3.8, 4) is 0 Å². The minimum Gasteiger partial charge on any atom is -0.319 e. The summed E-state index contributed by atoms with van der Waals surface area (Å²) in [5, 5.41) is 3.59. The lowest BCUT2D eigenvalue weighted by Crippen LogP contribution is -2.13. The monoisotopic (exact) mass is 440 g/mol. The van der Waals surface area contributed by atoms with E-state index in [9.17, 15) is 4.79 Å². The third-order valence-electron chi connectivity index (χ3n) is 2.97. The minimum absolute atomic E-state index is 0.264. The zero-order chi connectivity index (χ0) is 15.7. The number of amides is 1. The number of halogens is 2. The molecule has 5 nitrogen and oxygen atoms in total. The highest BCUT2D eigenvalue weighted by Crippen LogP contribution is 2.25. The van der Waals surface area contributed by atoms with Gasteiger partial charge < -0.3 is 5.32 Å². The van der Waals surface area contributed by atoms with E-state index in [0.29, 0.717) is 16.0 Å². The molecule has 0 radical (unpaired) electrons. The van der Waals surface area contributed by atoms with Crippen LogP contribution < -0.4 is 5.32 Å². The van der Waals surface area contributed by atoms with Gasteiger partial charge in [0.15, 0.2) is 10.9 Å². The summed E-state index contributed by atoms with van der Waals surface area (Å²) < 4.78 is 3.35. The van der Waals surface area contributed by atoms with E-state index in [1.165, 1.54) is 11.8 Å². The van der Waals surface area contributed by atoms with Crippen LogP contribution >= 0.6 is 43.6 Å². The van der Waals surface area contributed by atoms with Gasteiger partial charge in [0.05, 0.1) is 21.9 Å². The third-order valence-corrected chi connectivity index (χ3v) is 5.39. The standard InChI is InChI=1S/C14H10Br2N4OS/c1-22-14-19-11(10-4-2-3-5-20(10)14)13(21)18-8-6-9(15)12(16)17-7-8/h2-7H,1H3,(H,18,21). The van der Waals surface area contributed by atoms with Crippen molar-refractivity contribution in [2.75, 3.05) is 11.6 Å². The molecular formula is C14H10Br2N4OS. The number of carbonyl (C=O) groups is 1. The summed E-state index contributed by atoms with van der Waals surface area (Å²) >= 11 is 8.15. The molecule has 0 unspecified atom stereocenters. The van der Waals surface area contributed by atoms with Crippen molar-refractivity contribution in [2.45, 2.75) is 5.16 Å². The highest BCUT2D eigenvalue weighted by atomic mass is 79.9. The Kier molecular flexibility index (Phi) is 4.51. The van der Waals surface area contributed by atoms with Crippen LogP contribution in [0.3, 0.4) is 0 Å². The number of rotatable bonds is 3. The first kappa shape index (κ1) is 15.5. The SMILES string of the molecule is CSc1nc(C(=O)Nc2cnc(Br)c(Br)c2)c2ccccn12. The number of aromatic nitrogens is 3. The summed E-state index contributed by atoms with van der Waals surface area (Å²) in [6.45, 7) is 0. The second-order valence-electron chi connectivity index (χ2n) is 4.35. The van der Waals surface area contributed by atoms with Gasteiger partial charge in [-0.05, 0) is 56.3 Å². The Hall–Kier alpha value is -1.38. The number of anilines is 1. The summed E-state index contributed by atoms with van der Waals surface area (Å²) in [6, 6.07) is 7.45. The molecule has 1 N–H and O–H groups in total. The number of thioether (sulfide) groups is 1. The quantitative estimate of drug-likeness (QED) is 0.488. The molecule has 3 rings (SSSR count). The number of nitrogens with zero attached hydrogens (tertiary/aromatic N) is 3. The van der Waals surface area contributed by atoms with Gasteiger partial charge in [0.25, 0.3) is 5.91 Å². The van der Waals surface area contributed by atoms with E-state index in [-0.39, 0.29) is 5.91 Å². The fourth-order valence-corrected chi connectivity index (χ4v) is 3.10.